The van der Waals surface area contributed by atoms with Gasteiger partial charge in [-0.25, -0.2) is 4.98 Å². The molecule has 0 aliphatic rings. The van der Waals surface area contributed by atoms with Gasteiger partial charge in [-0.3, -0.25) is 0 Å². The smallest absolute Gasteiger partial charge is 0.235 e. The van der Waals surface area contributed by atoms with Gasteiger partial charge in [0.1, 0.15) is 0 Å². The van der Waals surface area contributed by atoms with Crippen molar-refractivity contribution >= 4 is 0 Å². The van der Waals surface area contributed by atoms with Gasteiger partial charge in [-0.05, 0) is 24.5 Å². The number of hydrogen-bond donors (Lipinski definition) is 2. The lowest BCUT2D eigenvalue weighted by molar-refractivity contribution is 0.369. The third-order valence-corrected chi connectivity index (χ3v) is 4.96. The Bertz CT molecular complexity index is 1050. The summed E-state index contributed by atoms with van der Waals surface area (Å²) in [5.74, 6) is -0.176. The van der Waals surface area contributed by atoms with Crippen LogP contribution in [0.25, 0.3) is 22.4 Å². The minimum atomic E-state index is -0.0972. The third-order valence-electron chi connectivity index (χ3n) is 4.96. The highest BCUT2D eigenvalue weighted by atomic mass is 16.3. The van der Waals surface area contributed by atoms with E-state index < -0.39 is 0 Å². The van der Waals surface area contributed by atoms with E-state index in [0.29, 0.717) is 12.1 Å². The molecule has 0 radical (unpaired) electrons. The molecule has 0 fully saturated rings. The Labute approximate surface area is 164 Å². The molecule has 0 amide bonds. The number of hydrogen-bond acceptors (Lipinski definition) is 3. The first kappa shape index (κ1) is 17.9. The number of aryl methyl sites for hydroxylation is 2. The molecule has 0 saturated carbocycles. The molecule has 2 aromatic heterocycles. The summed E-state index contributed by atoms with van der Waals surface area (Å²) < 4.78 is 3.81. The van der Waals surface area contributed by atoms with Gasteiger partial charge in [-0.1, -0.05) is 60.2 Å². The molecule has 0 saturated heterocycles. The number of aromatic hydroxyl groups is 2. The maximum atomic E-state index is 10.8. The Balaban J connectivity index is 1.79. The second-order valence-electron chi connectivity index (χ2n) is 6.93. The summed E-state index contributed by atoms with van der Waals surface area (Å²) in [6, 6.07) is 17.8. The zero-order valence-electron chi connectivity index (χ0n) is 15.8. The van der Waals surface area contributed by atoms with E-state index in [1.54, 1.807) is 17.1 Å². The van der Waals surface area contributed by atoms with Crippen LogP contribution in [0.3, 0.4) is 0 Å². The van der Waals surface area contributed by atoms with Crippen molar-refractivity contribution in [3.8, 4) is 34.0 Å². The average Bonchev–Trinajstić information content (AvgIpc) is 3.32. The van der Waals surface area contributed by atoms with Crippen molar-refractivity contribution in [1.29, 1.82) is 0 Å². The van der Waals surface area contributed by atoms with E-state index in [4.69, 9.17) is 0 Å². The fraction of sp³-hybridized carbons (Fsp3) is 0.174. The molecule has 4 rings (SSSR count). The van der Waals surface area contributed by atoms with Gasteiger partial charge in [0.05, 0.1) is 17.6 Å². The van der Waals surface area contributed by atoms with Crippen LogP contribution in [0.15, 0.2) is 73.3 Å². The monoisotopic (exact) mass is 373 g/mol. The number of aromatic nitrogens is 3. The van der Waals surface area contributed by atoms with Gasteiger partial charge in [0.2, 0.25) is 5.88 Å². The summed E-state index contributed by atoms with van der Waals surface area (Å²) in [5.41, 5.74) is 4.48. The SMILES string of the molecule is Cc1ccc(-c2c(-c3ccccc3)c(O)c(O)n2CCCn2ccnc2)cc1. The minimum absolute atomic E-state index is 0.0793. The van der Waals surface area contributed by atoms with Crippen molar-refractivity contribution in [3.05, 3.63) is 78.9 Å². The van der Waals surface area contributed by atoms with E-state index >= 15 is 0 Å². The second-order valence-corrected chi connectivity index (χ2v) is 6.93. The first-order valence-electron chi connectivity index (χ1n) is 9.38. The maximum absolute atomic E-state index is 10.8. The highest BCUT2D eigenvalue weighted by molar-refractivity contribution is 5.88. The van der Waals surface area contributed by atoms with Gasteiger partial charge in [-0.15, -0.1) is 0 Å². The van der Waals surface area contributed by atoms with Crippen LogP contribution < -0.4 is 0 Å². The Hall–Kier alpha value is -3.47. The lowest BCUT2D eigenvalue weighted by Crippen LogP contribution is -2.04. The molecular weight excluding hydrogens is 350 g/mol. The molecule has 0 spiro atoms. The van der Waals surface area contributed by atoms with E-state index in [9.17, 15) is 10.2 Å². The molecule has 0 aliphatic carbocycles. The van der Waals surface area contributed by atoms with Crippen LogP contribution in [-0.2, 0) is 13.1 Å². The summed E-state index contributed by atoms with van der Waals surface area (Å²) in [6.07, 6.45) is 6.25. The molecule has 4 aromatic rings. The van der Waals surface area contributed by atoms with E-state index in [2.05, 4.69) is 4.98 Å². The highest BCUT2D eigenvalue weighted by Crippen LogP contribution is 2.47. The first-order valence-corrected chi connectivity index (χ1v) is 9.38. The Kier molecular flexibility index (Phi) is 4.89. The van der Waals surface area contributed by atoms with Gasteiger partial charge >= 0.3 is 0 Å². The van der Waals surface area contributed by atoms with Crippen molar-refractivity contribution in [2.45, 2.75) is 26.4 Å². The Morgan fingerprint density at radius 3 is 2.32 bits per heavy atom. The molecule has 2 N–H and O–H groups in total. The van der Waals surface area contributed by atoms with E-state index in [0.717, 1.165) is 35.3 Å². The van der Waals surface area contributed by atoms with Crippen molar-refractivity contribution < 1.29 is 10.2 Å². The van der Waals surface area contributed by atoms with Gasteiger partial charge in [0.25, 0.3) is 0 Å². The predicted octanol–water partition coefficient (Wildman–Crippen LogP) is 4.83. The predicted molar refractivity (Wildman–Crippen MR) is 110 cm³/mol. The number of imidazole rings is 1. The zero-order valence-corrected chi connectivity index (χ0v) is 15.8. The molecule has 5 nitrogen and oxygen atoms in total. The second kappa shape index (κ2) is 7.64. The molecule has 0 bridgehead atoms. The standard InChI is InChI=1S/C23H23N3O2/c1-17-8-10-19(11-9-17)21-20(18-6-3-2-4-7-18)22(27)23(28)26(21)14-5-13-25-15-12-24-16-25/h2-4,6-12,15-16,27-28H,5,13-14H2,1H3. The number of rotatable bonds is 6. The van der Waals surface area contributed by atoms with Crippen LogP contribution in [0.4, 0.5) is 0 Å². The van der Waals surface area contributed by atoms with E-state index in [1.165, 1.54) is 0 Å². The largest absolute Gasteiger partial charge is 0.503 e. The van der Waals surface area contributed by atoms with Crippen molar-refractivity contribution in [2.75, 3.05) is 0 Å². The summed E-state index contributed by atoms with van der Waals surface area (Å²) >= 11 is 0. The van der Waals surface area contributed by atoms with Crippen molar-refractivity contribution in [1.82, 2.24) is 14.1 Å². The molecule has 0 unspecified atom stereocenters. The van der Waals surface area contributed by atoms with Crippen LogP contribution >= 0.6 is 0 Å². The van der Waals surface area contributed by atoms with Gasteiger partial charge in [0, 0.05) is 25.5 Å². The molecule has 2 aromatic carbocycles. The molecule has 0 atom stereocenters. The summed E-state index contributed by atoms with van der Waals surface area (Å²) in [5, 5.41) is 21.5. The van der Waals surface area contributed by atoms with Crippen LogP contribution in [0.2, 0.25) is 0 Å². The van der Waals surface area contributed by atoms with Crippen molar-refractivity contribution in [3.63, 3.8) is 0 Å². The van der Waals surface area contributed by atoms with Crippen LogP contribution in [0, 0.1) is 6.92 Å². The topological polar surface area (TPSA) is 63.2 Å². The van der Waals surface area contributed by atoms with Crippen LogP contribution in [0.1, 0.15) is 12.0 Å². The lowest BCUT2D eigenvalue weighted by Gasteiger charge is -2.13. The zero-order chi connectivity index (χ0) is 19.5. The fourth-order valence-corrected chi connectivity index (χ4v) is 3.53. The lowest BCUT2D eigenvalue weighted by atomic mass is 10.00. The molecule has 2 heterocycles. The Morgan fingerprint density at radius 1 is 0.893 bits per heavy atom. The minimum Gasteiger partial charge on any atom is -0.503 e. The number of nitrogens with zero attached hydrogens (tertiary/aromatic N) is 3. The number of benzene rings is 2. The maximum Gasteiger partial charge on any atom is 0.235 e. The van der Waals surface area contributed by atoms with Gasteiger partial charge in [0.15, 0.2) is 5.75 Å². The van der Waals surface area contributed by atoms with Crippen LogP contribution in [-0.4, -0.2) is 24.3 Å². The Morgan fingerprint density at radius 2 is 1.64 bits per heavy atom. The molecule has 142 valence electrons. The van der Waals surface area contributed by atoms with Crippen molar-refractivity contribution in [2.24, 2.45) is 0 Å². The molecule has 28 heavy (non-hydrogen) atoms. The molecular formula is C23H23N3O2. The van der Waals surface area contributed by atoms with Gasteiger partial charge < -0.3 is 19.3 Å². The molecule has 5 heteroatoms. The normalized spacial score (nSPS) is 11.0. The highest BCUT2D eigenvalue weighted by Gasteiger charge is 2.24. The van der Waals surface area contributed by atoms with Crippen LogP contribution in [0.5, 0.6) is 11.6 Å². The fourth-order valence-electron chi connectivity index (χ4n) is 3.53. The molecule has 0 aliphatic heterocycles. The third kappa shape index (κ3) is 3.39. The average molecular weight is 373 g/mol. The van der Waals surface area contributed by atoms with E-state index in [1.807, 2.05) is 72.3 Å². The summed E-state index contributed by atoms with van der Waals surface area (Å²) in [6.45, 7) is 3.40. The summed E-state index contributed by atoms with van der Waals surface area (Å²) in [4.78, 5) is 4.06. The van der Waals surface area contributed by atoms with Gasteiger partial charge in [-0.2, -0.15) is 0 Å². The van der Waals surface area contributed by atoms with E-state index in [-0.39, 0.29) is 11.6 Å². The quantitative estimate of drug-likeness (QED) is 0.509. The first-order chi connectivity index (χ1) is 13.6. The summed E-state index contributed by atoms with van der Waals surface area (Å²) in [7, 11) is 0.